The number of esters is 1. The molecule has 0 aromatic rings. The largest absolute Gasteiger partial charge is 0.466 e. The van der Waals surface area contributed by atoms with E-state index in [1.54, 1.807) is 13.8 Å². The zero-order valence-corrected chi connectivity index (χ0v) is 21.5. The molecule has 1 saturated carbocycles. The fourth-order valence-electron chi connectivity index (χ4n) is 3.81. The number of rotatable bonds is 16. The van der Waals surface area contributed by atoms with E-state index in [1.807, 2.05) is 0 Å². The van der Waals surface area contributed by atoms with Crippen LogP contribution in [0.3, 0.4) is 0 Å². The number of ether oxygens (including phenoxy) is 1. The van der Waals surface area contributed by atoms with Crippen molar-refractivity contribution in [3.63, 3.8) is 0 Å². The van der Waals surface area contributed by atoms with Crippen molar-refractivity contribution in [2.45, 2.75) is 95.0 Å². The third kappa shape index (κ3) is 8.09. The fraction of sp³-hybridized carbons (Fsp3) is 0.905. The Labute approximate surface area is 197 Å². The van der Waals surface area contributed by atoms with E-state index in [4.69, 9.17) is 15.2 Å². The van der Waals surface area contributed by atoms with Gasteiger partial charge < -0.3 is 4.74 Å². The molecule has 190 valence electrons. The molecule has 0 amide bonds. The van der Waals surface area contributed by atoms with Crippen LogP contribution in [0.15, 0.2) is 0 Å². The van der Waals surface area contributed by atoms with Crippen molar-refractivity contribution in [1.82, 2.24) is 0 Å². The summed E-state index contributed by atoms with van der Waals surface area (Å²) in [6.07, 6.45) is 8.02. The van der Waals surface area contributed by atoms with Gasteiger partial charge in [0.2, 0.25) is 0 Å². The van der Waals surface area contributed by atoms with E-state index in [2.05, 4.69) is 4.74 Å². The van der Waals surface area contributed by atoms with Gasteiger partial charge in [-0.25, -0.2) is 8.42 Å². The fourth-order valence-corrected chi connectivity index (χ4v) is 9.58. The van der Waals surface area contributed by atoms with E-state index in [1.165, 1.54) is 0 Å². The number of halogens is 3. The minimum absolute atomic E-state index is 0.134. The molecule has 6 nitrogen and oxygen atoms in total. The molecule has 11 heteroatoms. The average Bonchev–Trinajstić information content (AvgIpc) is 2.76. The summed E-state index contributed by atoms with van der Waals surface area (Å²) < 4.78 is 63.7. The van der Waals surface area contributed by atoms with E-state index in [0.29, 0.717) is 38.0 Å². The summed E-state index contributed by atoms with van der Waals surface area (Å²) in [7, 11) is -8.28. The van der Waals surface area contributed by atoms with Gasteiger partial charge in [0.05, 0.1) is 11.9 Å². The minimum atomic E-state index is -5.61. The highest BCUT2D eigenvalue weighted by Crippen LogP contribution is 2.58. The van der Waals surface area contributed by atoms with Crippen molar-refractivity contribution in [3.8, 4) is 0 Å². The second-order valence-corrected chi connectivity index (χ2v) is 13.8. The molecule has 0 aromatic heterocycles. The van der Waals surface area contributed by atoms with Crippen molar-refractivity contribution in [2.24, 2.45) is 0 Å². The summed E-state index contributed by atoms with van der Waals surface area (Å²) in [5.41, 5.74) is 0. The van der Waals surface area contributed by atoms with Gasteiger partial charge in [0.1, 0.15) is 5.78 Å². The first-order chi connectivity index (χ1) is 15.1. The maximum atomic E-state index is 14.5. The van der Waals surface area contributed by atoms with Gasteiger partial charge in [-0.2, -0.15) is 17.2 Å². The molecule has 0 aromatic carbocycles. The first-order valence-corrected chi connectivity index (χ1v) is 15.3. The van der Waals surface area contributed by atoms with Crippen LogP contribution in [0.4, 0.5) is 8.78 Å². The number of carbonyl (C=O) groups is 2. The predicted molar refractivity (Wildman–Crippen MR) is 125 cm³/mol. The Kier molecular flexibility index (Phi) is 13.0. The number of hydrogen-bond acceptors (Lipinski definition) is 6. The predicted octanol–water partition coefficient (Wildman–Crippen LogP) is 5.71. The lowest BCUT2D eigenvalue weighted by Crippen LogP contribution is -2.43. The molecule has 0 radical (unpaired) electrons. The summed E-state index contributed by atoms with van der Waals surface area (Å²) in [6, 6.07) is 0. The molecular weight excluding hydrogens is 486 g/mol. The van der Waals surface area contributed by atoms with Crippen molar-refractivity contribution < 1.29 is 35.2 Å². The molecule has 0 heterocycles. The topological polar surface area (TPSA) is 86.7 Å². The maximum absolute atomic E-state index is 14.5. The molecule has 0 bridgehead atoms. The smallest absolute Gasteiger partial charge is 0.460 e. The first kappa shape index (κ1) is 29.6. The van der Waals surface area contributed by atoms with Crippen LogP contribution in [-0.2, 0) is 28.1 Å². The normalized spacial score (nSPS) is 18.5. The van der Waals surface area contributed by atoms with Crippen LogP contribution in [0.5, 0.6) is 0 Å². The van der Waals surface area contributed by atoms with Crippen molar-refractivity contribution in [3.05, 3.63) is 0 Å². The molecule has 1 unspecified atom stereocenters. The molecule has 1 rings (SSSR count). The van der Waals surface area contributed by atoms with E-state index >= 15 is 0 Å². The van der Waals surface area contributed by atoms with Crippen molar-refractivity contribution in [1.29, 1.82) is 0 Å². The molecule has 0 N–H and O–H groups in total. The van der Waals surface area contributed by atoms with Gasteiger partial charge in [-0.05, 0) is 37.2 Å². The van der Waals surface area contributed by atoms with E-state index in [-0.39, 0.29) is 30.3 Å². The number of Topliss-reactive ketones (excluding diaryl/α,β-unsaturated/α-hetero) is 1. The monoisotopic (exact) mass is 522 g/mol. The third-order valence-corrected chi connectivity index (χ3v) is 12.1. The quantitative estimate of drug-likeness (QED) is 0.146. The maximum Gasteiger partial charge on any atom is 0.466 e. The molecule has 0 aliphatic heterocycles. The van der Waals surface area contributed by atoms with E-state index in [9.17, 15) is 26.8 Å². The van der Waals surface area contributed by atoms with Gasteiger partial charge in [0.15, 0.2) is 0 Å². The van der Waals surface area contributed by atoms with E-state index < -0.39 is 36.9 Å². The highest BCUT2D eigenvalue weighted by Gasteiger charge is 2.58. The number of ketones is 1. The summed E-state index contributed by atoms with van der Waals surface area (Å²) >= 11 is 5.60. The number of carbonyl (C=O) groups excluding carboxylic acids is 2. The molecule has 1 fully saturated rings. The Morgan fingerprint density at radius 2 is 1.59 bits per heavy atom. The van der Waals surface area contributed by atoms with Gasteiger partial charge in [-0.15, -0.1) is 21.9 Å². The lowest BCUT2D eigenvalue weighted by molar-refractivity contribution is -0.161. The van der Waals surface area contributed by atoms with Crippen molar-refractivity contribution in [2.75, 3.05) is 24.0 Å². The molecule has 0 saturated heterocycles. The molecule has 1 aliphatic rings. The minimum Gasteiger partial charge on any atom is -0.460 e. The SMILES string of the molecule is CCS(CC)(OS(=O)(=O)C(F)(F)C(=O)OCCCCCCCCCCl)C1CCCCC1=O. The summed E-state index contributed by atoms with van der Waals surface area (Å²) in [6.45, 7) is 2.97. The van der Waals surface area contributed by atoms with Crippen LogP contribution in [0.1, 0.15) is 84.5 Å². The number of alkyl halides is 3. The van der Waals surface area contributed by atoms with Crippen LogP contribution in [-0.4, -0.2) is 54.7 Å². The zero-order chi connectivity index (χ0) is 24.3. The summed E-state index contributed by atoms with van der Waals surface area (Å²) in [4.78, 5) is 24.3. The second-order valence-electron chi connectivity index (χ2n) is 7.99. The highest BCUT2D eigenvalue weighted by molar-refractivity contribution is 8.34. The van der Waals surface area contributed by atoms with Gasteiger partial charge in [-0.1, -0.05) is 52.4 Å². The first-order valence-electron chi connectivity index (χ1n) is 11.4. The molecular formula is C21H37ClF2O6S2. The van der Waals surface area contributed by atoms with Gasteiger partial charge >= 0.3 is 21.3 Å². The molecule has 32 heavy (non-hydrogen) atoms. The molecule has 1 atom stereocenters. The van der Waals surface area contributed by atoms with Gasteiger partial charge in [0, 0.05) is 12.3 Å². The Morgan fingerprint density at radius 3 is 2.12 bits per heavy atom. The lowest BCUT2D eigenvalue weighted by Gasteiger charge is -2.44. The lowest BCUT2D eigenvalue weighted by atomic mass is 9.99. The van der Waals surface area contributed by atoms with Crippen LogP contribution < -0.4 is 0 Å². The van der Waals surface area contributed by atoms with Crippen LogP contribution in [0.2, 0.25) is 0 Å². The van der Waals surface area contributed by atoms with Gasteiger partial charge in [0.25, 0.3) is 0 Å². The van der Waals surface area contributed by atoms with Crippen LogP contribution in [0.25, 0.3) is 0 Å². The Bertz CT molecular complexity index is 698. The summed E-state index contributed by atoms with van der Waals surface area (Å²) in [5, 5.41) is -5.54. The number of unbranched alkanes of at least 4 members (excludes halogenated alkanes) is 6. The standard InChI is InChI=1S/C21H37ClF2O6S2/c1-3-31(4-2,19-15-11-10-14-18(19)25)30-32(27,28)21(23,24)20(26)29-17-13-9-7-5-6-8-12-16-22/h19H,3-17H2,1-2H3. The third-order valence-electron chi connectivity index (χ3n) is 5.78. The van der Waals surface area contributed by atoms with Crippen LogP contribution in [0, 0.1) is 0 Å². The summed E-state index contributed by atoms with van der Waals surface area (Å²) in [5.74, 6) is -1.38. The van der Waals surface area contributed by atoms with Gasteiger partial charge in [-0.3, -0.25) is 4.79 Å². The number of hydrogen-bond donors (Lipinski definition) is 0. The Hall–Kier alpha value is -0.450. The Morgan fingerprint density at radius 1 is 1.03 bits per heavy atom. The highest BCUT2D eigenvalue weighted by atomic mass is 35.5. The van der Waals surface area contributed by atoms with Crippen molar-refractivity contribution >= 4 is 43.8 Å². The van der Waals surface area contributed by atoms with Crippen LogP contribution >= 0.6 is 21.9 Å². The van der Waals surface area contributed by atoms with E-state index in [0.717, 1.165) is 32.1 Å². The molecule has 1 aliphatic carbocycles. The zero-order valence-electron chi connectivity index (χ0n) is 19.1. The average molecular weight is 523 g/mol. The molecule has 0 spiro atoms. The second kappa shape index (κ2) is 14.1. The Balaban J connectivity index is 2.66.